The second-order valence-electron chi connectivity index (χ2n) is 9.04. The molecular formula is C24H33N7O. The fourth-order valence-electron chi connectivity index (χ4n) is 5.21. The number of nitrogens with zero attached hydrogens (tertiary/aromatic N) is 7. The molecule has 0 saturated carbocycles. The van der Waals surface area contributed by atoms with E-state index in [1.54, 1.807) is 6.33 Å². The van der Waals surface area contributed by atoms with Crippen molar-refractivity contribution in [3.63, 3.8) is 0 Å². The molecule has 0 atom stereocenters. The van der Waals surface area contributed by atoms with E-state index in [2.05, 4.69) is 34.6 Å². The number of aromatic nitrogens is 3. The molecule has 8 heteroatoms. The molecule has 0 unspecified atom stereocenters. The molecule has 1 amide bonds. The predicted molar refractivity (Wildman–Crippen MR) is 126 cm³/mol. The Kier molecular flexibility index (Phi) is 6.36. The highest BCUT2D eigenvalue weighted by Crippen LogP contribution is 2.32. The summed E-state index contributed by atoms with van der Waals surface area (Å²) in [6.07, 6.45) is 11.0. The number of hydrogen-bond acceptors (Lipinski definition) is 7. The molecule has 0 bridgehead atoms. The molecule has 3 saturated heterocycles. The van der Waals surface area contributed by atoms with Gasteiger partial charge in [-0.1, -0.05) is 6.07 Å². The first-order valence-corrected chi connectivity index (χ1v) is 12.0. The summed E-state index contributed by atoms with van der Waals surface area (Å²) in [5.41, 5.74) is 1.13. The number of carbonyl (C=O) groups is 1. The molecular weight excluding hydrogens is 402 g/mol. The third kappa shape index (κ3) is 4.49. The molecule has 0 spiro atoms. The Morgan fingerprint density at radius 3 is 2.31 bits per heavy atom. The van der Waals surface area contributed by atoms with Crippen LogP contribution in [-0.4, -0.2) is 78.1 Å². The third-order valence-electron chi connectivity index (χ3n) is 7.08. The van der Waals surface area contributed by atoms with Gasteiger partial charge in [0.1, 0.15) is 12.1 Å². The number of amides is 1. The zero-order chi connectivity index (χ0) is 21.8. The first-order chi connectivity index (χ1) is 15.8. The van der Waals surface area contributed by atoms with Crippen LogP contribution in [0.4, 0.5) is 17.3 Å². The lowest BCUT2D eigenvalue weighted by Crippen LogP contribution is -2.52. The van der Waals surface area contributed by atoms with Crippen molar-refractivity contribution in [2.75, 3.05) is 67.1 Å². The van der Waals surface area contributed by atoms with E-state index in [0.29, 0.717) is 5.91 Å². The third-order valence-corrected chi connectivity index (χ3v) is 7.08. The van der Waals surface area contributed by atoms with Crippen molar-refractivity contribution in [2.24, 2.45) is 5.92 Å². The van der Waals surface area contributed by atoms with E-state index in [0.717, 1.165) is 82.5 Å². The number of carbonyl (C=O) groups excluding carboxylic acids is 1. The lowest BCUT2D eigenvalue weighted by atomic mass is 9.94. The van der Waals surface area contributed by atoms with E-state index >= 15 is 0 Å². The maximum Gasteiger partial charge on any atom is 0.225 e. The van der Waals surface area contributed by atoms with Crippen molar-refractivity contribution in [2.45, 2.75) is 32.1 Å². The van der Waals surface area contributed by atoms with Crippen LogP contribution in [-0.2, 0) is 4.79 Å². The van der Waals surface area contributed by atoms with Gasteiger partial charge in [0, 0.05) is 64.5 Å². The molecule has 0 aliphatic carbocycles. The maximum absolute atomic E-state index is 13.2. The Morgan fingerprint density at radius 2 is 1.59 bits per heavy atom. The highest BCUT2D eigenvalue weighted by atomic mass is 16.2. The smallest absolute Gasteiger partial charge is 0.225 e. The molecule has 2 aromatic heterocycles. The summed E-state index contributed by atoms with van der Waals surface area (Å²) < 4.78 is 0. The average molecular weight is 436 g/mol. The summed E-state index contributed by atoms with van der Waals surface area (Å²) >= 11 is 0. The quantitative estimate of drug-likeness (QED) is 0.731. The van der Waals surface area contributed by atoms with Crippen LogP contribution in [0.1, 0.15) is 32.1 Å². The molecule has 5 heterocycles. The number of anilines is 3. The Labute approximate surface area is 190 Å². The summed E-state index contributed by atoms with van der Waals surface area (Å²) in [5, 5.41) is 0. The second-order valence-corrected chi connectivity index (χ2v) is 9.04. The van der Waals surface area contributed by atoms with Gasteiger partial charge >= 0.3 is 0 Å². The normalized spacial score (nSPS) is 20.5. The Hall–Kier alpha value is -2.90. The minimum Gasteiger partial charge on any atom is -0.367 e. The van der Waals surface area contributed by atoms with E-state index in [1.165, 1.54) is 19.3 Å². The number of pyridine rings is 1. The van der Waals surface area contributed by atoms with Gasteiger partial charge in [-0.15, -0.1) is 0 Å². The molecule has 170 valence electrons. The lowest BCUT2D eigenvalue weighted by molar-refractivity contribution is -0.136. The topological polar surface area (TPSA) is 68.7 Å². The zero-order valence-corrected chi connectivity index (χ0v) is 18.8. The van der Waals surface area contributed by atoms with Crippen LogP contribution in [0.15, 0.2) is 36.9 Å². The van der Waals surface area contributed by atoms with Gasteiger partial charge in [-0.3, -0.25) is 4.79 Å². The number of piperazine rings is 1. The molecule has 32 heavy (non-hydrogen) atoms. The van der Waals surface area contributed by atoms with Gasteiger partial charge in [0.2, 0.25) is 5.91 Å². The van der Waals surface area contributed by atoms with Gasteiger partial charge in [0.05, 0.1) is 11.9 Å². The second kappa shape index (κ2) is 9.71. The van der Waals surface area contributed by atoms with Crippen LogP contribution in [0, 0.1) is 5.92 Å². The van der Waals surface area contributed by atoms with E-state index in [-0.39, 0.29) is 5.92 Å². The highest BCUT2D eigenvalue weighted by Gasteiger charge is 2.32. The minimum atomic E-state index is 0.121. The molecule has 0 aromatic carbocycles. The van der Waals surface area contributed by atoms with Crippen LogP contribution in [0.25, 0.3) is 0 Å². The van der Waals surface area contributed by atoms with Crippen LogP contribution in [0.2, 0.25) is 0 Å². The SMILES string of the molecule is O=C(C1CCN(c2cncnc2N2CCCCC2)CC1)N1CCN(c2ccccn2)CC1. The molecule has 0 N–H and O–H groups in total. The van der Waals surface area contributed by atoms with Gasteiger partial charge in [0.15, 0.2) is 5.82 Å². The Morgan fingerprint density at radius 1 is 0.812 bits per heavy atom. The van der Waals surface area contributed by atoms with Gasteiger partial charge in [-0.25, -0.2) is 15.0 Å². The zero-order valence-electron chi connectivity index (χ0n) is 18.8. The van der Waals surface area contributed by atoms with Crippen molar-refractivity contribution in [1.82, 2.24) is 19.9 Å². The number of hydrogen-bond donors (Lipinski definition) is 0. The largest absolute Gasteiger partial charge is 0.367 e. The molecule has 2 aromatic rings. The molecule has 3 aliphatic rings. The van der Waals surface area contributed by atoms with Gasteiger partial charge in [0.25, 0.3) is 0 Å². The van der Waals surface area contributed by atoms with Crippen LogP contribution < -0.4 is 14.7 Å². The first-order valence-electron chi connectivity index (χ1n) is 12.0. The summed E-state index contributed by atoms with van der Waals surface area (Å²) in [4.78, 5) is 35.7. The van der Waals surface area contributed by atoms with Crippen LogP contribution in [0.5, 0.6) is 0 Å². The van der Waals surface area contributed by atoms with Crippen molar-refractivity contribution in [1.29, 1.82) is 0 Å². The minimum absolute atomic E-state index is 0.121. The average Bonchev–Trinajstić information content (AvgIpc) is 2.89. The monoisotopic (exact) mass is 435 g/mol. The summed E-state index contributed by atoms with van der Waals surface area (Å²) in [6, 6.07) is 5.99. The van der Waals surface area contributed by atoms with Gasteiger partial charge in [-0.2, -0.15) is 0 Å². The lowest BCUT2D eigenvalue weighted by Gasteiger charge is -2.40. The predicted octanol–water partition coefficient (Wildman–Crippen LogP) is 2.43. The van der Waals surface area contributed by atoms with Gasteiger partial charge in [-0.05, 0) is 44.2 Å². The van der Waals surface area contributed by atoms with E-state index < -0.39 is 0 Å². The van der Waals surface area contributed by atoms with Crippen molar-refractivity contribution >= 4 is 23.2 Å². The Bertz CT molecular complexity index is 886. The molecule has 8 nitrogen and oxygen atoms in total. The van der Waals surface area contributed by atoms with Gasteiger partial charge < -0.3 is 19.6 Å². The Balaban J connectivity index is 1.16. The van der Waals surface area contributed by atoms with E-state index in [4.69, 9.17) is 0 Å². The summed E-state index contributed by atoms with van der Waals surface area (Å²) in [7, 11) is 0. The van der Waals surface area contributed by atoms with E-state index in [9.17, 15) is 4.79 Å². The summed E-state index contributed by atoms with van der Waals surface area (Å²) in [6.45, 7) is 7.18. The van der Waals surface area contributed by atoms with Crippen LogP contribution in [0.3, 0.4) is 0 Å². The van der Waals surface area contributed by atoms with Crippen molar-refractivity contribution in [3.8, 4) is 0 Å². The highest BCUT2D eigenvalue weighted by molar-refractivity contribution is 5.79. The van der Waals surface area contributed by atoms with Crippen molar-refractivity contribution < 1.29 is 4.79 Å². The van der Waals surface area contributed by atoms with Crippen molar-refractivity contribution in [3.05, 3.63) is 36.9 Å². The maximum atomic E-state index is 13.2. The standard InChI is InChI=1S/C24H33N7O/c32-24(31-16-14-29(15-17-31)22-6-2-3-9-26-22)20-7-12-28(13-8-20)21-18-25-19-27-23(21)30-10-4-1-5-11-30/h2-3,6,9,18-20H,1,4-5,7-8,10-17H2. The first kappa shape index (κ1) is 21.0. The molecule has 5 rings (SSSR count). The molecule has 0 radical (unpaired) electrons. The summed E-state index contributed by atoms with van der Waals surface area (Å²) in [5.74, 6) is 2.51. The fraction of sp³-hybridized carbons (Fsp3) is 0.583. The van der Waals surface area contributed by atoms with E-state index in [1.807, 2.05) is 30.6 Å². The van der Waals surface area contributed by atoms with Crippen LogP contribution >= 0.6 is 0 Å². The molecule has 3 fully saturated rings. The fourth-order valence-corrected chi connectivity index (χ4v) is 5.21. The molecule has 3 aliphatic heterocycles. The number of piperidine rings is 2. The number of rotatable bonds is 4.